The van der Waals surface area contributed by atoms with Crippen LogP contribution in [0.25, 0.3) is 0 Å². The van der Waals surface area contributed by atoms with E-state index in [9.17, 15) is 0 Å². The molecule has 2 rings (SSSR count). The molecule has 0 aliphatic carbocycles. The minimum absolute atomic E-state index is 0. The van der Waals surface area contributed by atoms with Crippen LogP contribution in [-0.4, -0.2) is 8.07 Å². The van der Waals surface area contributed by atoms with Crippen molar-refractivity contribution in [1.29, 1.82) is 0 Å². The predicted molar refractivity (Wildman–Crippen MR) is 83.7 cm³/mol. The van der Waals surface area contributed by atoms with E-state index >= 15 is 0 Å². The summed E-state index contributed by atoms with van der Waals surface area (Å²) in [5.41, 5.74) is 5.67. The SMILES string of the molecule is Cc1ccc(C[c-]2ccc([Si](C)(C)C)c2)c(C)c1.[Cl-].[Cl-].[Cl-].[Ti+4]. The van der Waals surface area contributed by atoms with Crippen LogP contribution in [0.4, 0.5) is 0 Å². The molecule has 0 atom stereocenters. The molecule has 0 aliphatic rings. The molecule has 0 fully saturated rings. The molecule has 0 unspecified atom stereocenters. The Bertz CT molecular complexity index is 559. The van der Waals surface area contributed by atoms with Gasteiger partial charge in [0, 0.05) is 8.07 Å². The maximum atomic E-state index is 2.41. The summed E-state index contributed by atoms with van der Waals surface area (Å²) < 4.78 is 0. The summed E-state index contributed by atoms with van der Waals surface area (Å²) in [5, 5.41) is 1.57. The summed E-state index contributed by atoms with van der Waals surface area (Å²) >= 11 is 0. The Hall–Kier alpha value is 0.371. The second-order valence-electron chi connectivity index (χ2n) is 6.36. The quantitative estimate of drug-likeness (QED) is 0.353. The van der Waals surface area contributed by atoms with Crippen LogP contribution in [0.2, 0.25) is 19.6 Å². The van der Waals surface area contributed by atoms with Gasteiger partial charge in [-0.1, -0.05) is 49.0 Å². The average molecular weight is 410 g/mol. The molecule has 5 heteroatoms. The van der Waals surface area contributed by atoms with Gasteiger partial charge < -0.3 is 37.2 Å². The van der Waals surface area contributed by atoms with Crippen molar-refractivity contribution in [2.45, 2.75) is 39.9 Å². The number of rotatable bonds is 3. The van der Waals surface area contributed by atoms with Crippen LogP contribution in [0.3, 0.4) is 0 Å². The number of hydrogen-bond donors (Lipinski definition) is 0. The predicted octanol–water partition coefficient (Wildman–Crippen LogP) is -4.83. The fourth-order valence-corrected chi connectivity index (χ4v) is 3.54. The normalized spacial score (nSPS) is 9.68. The zero-order valence-corrected chi connectivity index (χ0v) is 18.6. The summed E-state index contributed by atoms with van der Waals surface area (Å²) in [6.07, 6.45) is 1.07. The third kappa shape index (κ3) is 7.29. The first-order valence-corrected chi connectivity index (χ1v) is 10.2. The van der Waals surface area contributed by atoms with Crippen molar-refractivity contribution in [3.63, 3.8) is 0 Å². The molecule has 0 radical (unpaired) electrons. The molecule has 0 aromatic heterocycles. The first-order chi connectivity index (χ1) is 8.36. The second-order valence-corrected chi connectivity index (χ2v) is 11.4. The Morgan fingerprint density at radius 3 is 2.00 bits per heavy atom. The number of halogens is 3. The third-order valence-electron chi connectivity index (χ3n) is 3.58. The minimum Gasteiger partial charge on any atom is -1.00 e. The van der Waals surface area contributed by atoms with E-state index in [0.29, 0.717) is 0 Å². The van der Waals surface area contributed by atoms with Crippen molar-refractivity contribution in [3.8, 4) is 0 Å². The van der Waals surface area contributed by atoms with Crippen molar-refractivity contribution >= 4 is 13.3 Å². The van der Waals surface area contributed by atoms with Gasteiger partial charge >= 0.3 is 21.7 Å². The Balaban J connectivity index is -0.000000902. The Morgan fingerprint density at radius 2 is 1.55 bits per heavy atom. The molecule has 0 aliphatic heterocycles. The van der Waals surface area contributed by atoms with Crippen molar-refractivity contribution in [1.82, 2.24) is 0 Å². The van der Waals surface area contributed by atoms with Crippen LogP contribution in [0, 0.1) is 13.8 Å². The molecule has 2 aromatic rings. The average Bonchev–Trinajstić information content (AvgIpc) is 2.70. The van der Waals surface area contributed by atoms with E-state index in [2.05, 4.69) is 69.9 Å². The fourth-order valence-electron chi connectivity index (χ4n) is 2.33. The summed E-state index contributed by atoms with van der Waals surface area (Å²) in [6, 6.07) is 13.8. The van der Waals surface area contributed by atoms with E-state index < -0.39 is 8.07 Å². The summed E-state index contributed by atoms with van der Waals surface area (Å²) in [5.74, 6) is 0. The van der Waals surface area contributed by atoms with Crippen molar-refractivity contribution in [3.05, 3.63) is 58.7 Å². The van der Waals surface area contributed by atoms with E-state index in [4.69, 9.17) is 0 Å². The molecular formula is C17H23Cl3SiTi. The Morgan fingerprint density at radius 1 is 0.955 bits per heavy atom. The summed E-state index contributed by atoms with van der Waals surface area (Å²) in [7, 11) is -1.15. The molecule has 2 aromatic carbocycles. The second kappa shape index (κ2) is 11.0. The van der Waals surface area contributed by atoms with E-state index in [0.717, 1.165) is 6.42 Å². The molecule has 0 heterocycles. The van der Waals surface area contributed by atoms with Gasteiger partial charge in [0.25, 0.3) is 0 Å². The molecule has 22 heavy (non-hydrogen) atoms. The monoisotopic (exact) mass is 408 g/mol. The van der Waals surface area contributed by atoms with E-state index in [1.807, 2.05) is 0 Å². The van der Waals surface area contributed by atoms with E-state index in [1.165, 1.54) is 22.3 Å². The van der Waals surface area contributed by atoms with E-state index in [1.54, 1.807) is 5.19 Å². The molecular weight excluding hydrogens is 386 g/mol. The zero-order valence-electron chi connectivity index (χ0n) is 13.8. The topological polar surface area (TPSA) is 0 Å². The van der Waals surface area contributed by atoms with E-state index in [-0.39, 0.29) is 58.9 Å². The molecule has 0 spiro atoms. The van der Waals surface area contributed by atoms with Crippen molar-refractivity contribution in [2.24, 2.45) is 0 Å². The third-order valence-corrected chi connectivity index (χ3v) is 5.62. The van der Waals surface area contributed by atoms with Crippen LogP contribution in [0.5, 0.6) is 0 Å². The summed E-state index contributed by atoms with van der Waals surface area (Å²) in [6.45, 7) is 11.6. The maximum absolute atomic E-state index is 2.41. The van der Waals surface area contributed by atoms with Gasteiger partial charge in [0.05, 0.1) is 0 Å². The van der Waals surface area contributed by atoms with Crippen LogP contribution < -0.4 is 42.4 Å². The zero-order chi connectivity index (χ0) is 13.3. The standard InChI is InChI=1S/C17H23Si.3ClH.Ti/c1-13-6-8-16(14(2)10-13)11-15-7-9-17(12-15)18(3,4)5;;;;/h6-10,12H,11H2,1-5H3;3*1H;/q-1;;;;+4/p-3. The van der Waals surface area contributed by atoms with Gasteiger partial charge in [-0.05, 0) is 25.8 Å². The molecule has 120 valence electrons. The van der Waals surface area contributed by atoms with Gasteiger partial charge in [0.2, 0.25) is 0 Å². The van der Waals surface area contributed by atoms with Gasteiger partial charge in [-0.25, -0.2) is 11.3 Å². The molecule has 0 bridgehead atoms. The molecule has 0 N–H and O–H groups in total. The number of hydrogen-bond acceptors (Lipinski definition) is 0. The summed E-state index contributed by atoms with van der Waals surface area (Å²) in [4.78, 5) is 0. The fraction of sp³-hybridized carbons (Fsp3) is 0.353. The number of aryl methyl sites for hydroxylation is 2. The van der Waals surface area contributed by atoms with Gasteiger partial charge in [-0.3, -0.25) is 0 Å². The van der Waals surface area contributed by atoms with Gasteiger partial charge in [-0.2, -0.15) is 17.7 Å². The van der Waals surface area contributed by atoms with Crippen LogP contribution in [0.15, 0.2) is 36.4 Å². The van der Waals surface area contributed by atoms with Crippen LogP contribution in [0.1, 0.15) is 22.3 Å². The smallest absolute Gasteiger partial charge is 1.00 e. The van der Waals surface area contributed by atoms with Crippen molar-refractivity contribution < 1.29 is 58.9 Å². The maximum Gasteiger partial charge on any atom is 4.00 e. The van der Waals surface area contributed by atoms with Crippen molar-refractivity contribution in [2.75, 3.05) is 0 Å². The van der Waals surface area contributed by atoms with Crippen LogP contribution >= 0.6 is 0 Å². The van der Waals surface area contributed by atoms with Gasteiger partial charge in [-0.15, -0.1) is 0 Å². The first-order valence-electron chi connectivity index (χ1n) is 6.68. The van der Waals surface area contributed by atoms with Crippen LogP contribution in [-0.2, 0) is 28.1 Å². The number of benzene rings is 1. The Kier molecular flexibility index (Phi) is 13.6. The van der Waals surface area contributed by atoms with Gasteiger partial charge in [0.1, 0.15) is 0 Å². The molecule has 0 saturated carbocycles. The largest absolute Gasteiger partial charge is 4.00 e. The Labute approximate surface area is 170 Å². The van der Waals surface area contributed by atoms with Gasteiger partial charge in [0.15, 0.2) is 0 Å². The molecule has 0 amide bonds. The minimum atomic E-state index is -1.15. The molecule has 0 nitrogen and oxygen atoms in total. The molecule has 0 saturated heterocycles. The first kappa shape index (κ1) is 27.2.